The summed E-state index contributed by atoms with van der Waals surface area (Å²) >= 11 is 17.6. The summed E-state index contributed by atoms with van der Waals surface area (Å²) < 4.78 is 5.32. The normalized spacial score (nSPS) is 9.93. The van der Waals surface area contributed by atoms with E-state index in [2.05, 4.69) is 6.58 Å². The molecule has 76 valence electrons. The van der Waals surface area contributed by atoms with Gasteiger partial charge in [0.25, 0.3) is 0 Å². The van der Waals surface area contributed by atoms with Crippen molar-refractivity contribution in [3.05, 3.63) is 40.4 Å². The summed E-state index contributed by atoms with van der Waals surface area (Å²) in [5, 5.41) is 1.02. The van der Waals surface area contributed by atoms with Gasteiger partial charge in [-0.25, -0.2) is 0 Å². The lowest BCUT2D eigenvalue weighted by atomic mass is 10.2. The molecule has 0 radical (unpaired) electrons. The molecule has 0 heterocycles. The van der Waals surface area contributed by atoms with Crippen LogP contribution in [-0.4, -0.2) is 6.61 Å². The molecule has 0 N–H and O–H groups in total. The van der Waals surface area contributed by atoms with Gasteiger partial charge in [-0.15, -0.1) is 11.6 Å². The zero-order valence-electron chi connectivity index (χ0n) is 7.40. The van der Waals surface area contributed by atoms with Crippen LogP contribution in [0.25, 0.3) is 0 Å². The Bertz CT molecular complexity index is 336. The van der Waals surface area contributed by atoms with Gasteiger partial charge >= 0.3 is 0 Å². The molecule has 0 unspecified atom stereocenters. The molecule has 4 heteroatoms. The second-order valence-electron chi connectivity index (χ2n) is 2.57. The summed E-state index contributed by atoms with van der Waals surface area (Å²) in [5.74, 6) is 0.842. The van der Waals surface area contributed by atoms with Crippen molar-refractivity contribution >= 4 is 34.8 Å². The maximum absolute atomic E-state index is 6.02. The highest BCUT2D eigenvalue weighted by Crippen LogP contribution is 2.34. The average molecular weight is 252 g/mol. The van der Waals surface area contributed by atoms with Crippen molar-refractivity contribution in [3.8, 4) is 5.75 Å². The first-order chi connectivity index (χ1) is 6.70. The number of benzene rings is 1. The molecule has 1 nitrogen and oxygen atoms in total. The van der Waals surface area contributed by atoms with Gasteiger partial charge in [-0.3, -0.25) is 0 Å². The van der Waals surface area contributed by atoms with Crippen LogP contribution in [-0.2, 0) is 5.88 Å². The maximum atomic E-state index is 6.02. The lowest BCUT2D eigenvalue weighted by Gasteiger charge is -2.09. The fourth-order valence-corrected chi connectivity index (χ4v) is 1.93. The van der Waals surface area contributed by atoms with Gasteiger partial charge in [0.2, 0.25) is 0 Å². The van der Waals surface area contributed by atoms with E-state index in [9.17, 15) is 0 Å². The number of rotatable bonds is 4. The molecule has 0 saturated heterocycles. The van der Waals surface area contributed by atoms with E-state index in [4.69, 9.17) is 39.5 Å². The predicted molar refractivity (Wildman–Crippen MR) is 61.7 cm³/mol. The molecule has 1 aromatic carbocycles. The molecule has 0 aliphatic rings. The van der Waals surface area contributed by atoms with Crippen molar-refractivity contribution in [1.29, 1.82) is 0 Å². The van der Waals surface area contributed by atoms with E-state index in [1.807, 2.05) is 0 Å². The van der Waals surface area contributed by atoms with Crippen LogP contribution in [0.1, 0.15) is 5.56 Å². The first-order valence-electron chi connectivity index (χ1n) is 3.97. The van der Waals surface area contributed by atoms with Gasteiger partial charge in [0.15, 0.2) is 0 Å². The molecular weight excluding hydrogens is 242 g/mol. The summed E-state index contributed by atoms with van der Waals surface area (Å²) in [7, 11) is 0. The monoisotopic (exact) mass is 250 g/mol. The molecule has 1 rings (SSSR count). The lowest BCUT2D eigenvalue weighted by Crippen LogP contribution is -1.95. The number of ether oxygens (including phenoxy) is 1. The smallest absolute Gasteiger partial charge is 0.138 e. The second-order valence-corrected chi connectivity index (χ2v) is 3.62. The Hall–Kier alpha value is -0.370. The van der Waals surface area contributed by atoms with E-state index in [0.717, 1.165) is 0 Å². The van der Waals surface area contributed by atoms with Gasteiger partial charge in [0.05, 0.1) is 10.9 Å². The topological polar surface area (TPSA) is 9.23 Å². The summed E-state index contributed by atoms with van der Waals surface area (Å²) in [5.41, 5.74) is 0.691. The number of hydrogen-bond acceptors (Lipinski definition) is 1. The van der Waals surface area contributed by atoms with Crippen molar-refractivity contribution in [2.24, 2.45) is 0 Å². The van der Waals surface area contributed by atoms with Crippen molar-refractivity contribution in [2.45, 2.75) is 5.88 Å². The summed E-state index contributed by atoms with van der Waals surface area (Å²) in [6, 6.07) is 3.42. The Kier molecular flexibility index (Phi) is 4.59. The Morgan fingerprint density at radius 2 is 2.07 bits per heavy atom. The van der Waals surface area contributed by atoms with Crippen molar-refractivity contribution in [2.75, 3.05) is 6.61 Å². The molecule has 0 spiro atoms. The fourth-order valence-electron chi connectivity index (χ4n) is 0.959. The van der Waals surface area contributed by atoms with Crippen LogP contribution in [0.15, 0.2) is 24.8 Å². The van der Waals surface area contributed by atoms with Gasteiger partial charge in [-0.2, -0.15) is 0 Å². The van der Waals surface area contributed by atoms with Crippen LogP contribution >= 0.6 is 34.8 Å². The van der Waals surface area contributed by atoms with Crippen LogP contribution in [0.5, 0.6) is 5.75 Å². The van der Waals surface area contributed by atoms with Crippen molar-refractivity contribution in [3.63, 3.8) is 0 Å². The number of hydrogen-bond donors (Lipinski definition) is 0. The molecule has 0 bridgehead atoms. The van der Waals surface area contributed by atoms with E-state index >= 15 is 0 Å². The van der Waals surface area contributed by atoms with E-state index in [0.29, 0.717) is 28.0 Å². The minimum atomic E-state index is 0.267. The summed E-state index contributed by atoms with van der Waals surface area (Å²) in [6.07, 6.45) is 1.64. The van der Waals surface area contributed by atoms with Crippen LogP contribution < -0.4 is 4.74 Å². The zero-order valence-corrected chi connectivity index (χ0v) is 9.66. The molecule has 0 fully saturated rings. The molecule has 0 amide bonds. The first kappa shape index (κ1) is 11.7. The van der Waals surface area contributed by atoms with Crippen LogP contribution in [0.4, 0.5) is 0 Å². The van der Waals surface area contributed by atoms with Crippen LogP contribution in [0.2, 0.25) is 10.0 Å². The molecule has 0 atom stereocenters. The minimum absolute atomic E-state index is 0.267. The standard InChI is InChI=1S/C10H9Cl3O/c1-2-5-14-9-4-3-8(12)7(6-11)10(9)13/h2-4H,1,5-6H2. The fraction of sp³-hybridized carbons (Fsp3) is 0.200. The largest absolute Gasteiger partial charge is 0.488 e. The minimum Gasteiger partial charge on any atom is -0.488 e. The third kappa shape index (κ3) is 2.57. The van der Waals surface area contributed by atoms with Gasteiger partial charge in [-0.1, -0.05) is 35.9 Å². The quantitative estimate of drug-likeness (QED) is 0.573. The molecule has 0 aromatic heterocycles. The van der Waals surface area contributed by atoms with Gasteiger partial charge in [-0.05, 0) is 12.1 Å². The third-order valence-electron chi connectivity index (χ3n) is 1.64. The number of halogens is 3. The average Bonchev–Trinajstić information content (AvgIpc) is 2.18. The Morgan fingerprint density at radius 1 is 1.36 bits per heavy atom. The Morgan fingerprint density at radius 3 is 2.64 bits per heavy atom. The van der Waals surface area contributed by atoms with Crippen molar-refractivity contribution in [1.82, 2.24) is 0 Å². The van der Waals surface area contributed by atoms with Crippen LogP contribution in [0.3, 0.4) is 0 Å². The van der Waals surface area contributed by atoms with E-state index in [-0.39, 0.29) is 5.88 Å². The van der Waals surface area contributed by atoms with E-state index in [1.54, 1.807) is 18.2 Å². The highest BCUT2D eigenvalue weighted by atomic mass is 35.5. The molecule has 0 aliphatic heterocycles. The molecule has 14 heavy (non-hydrogen) atoms. The predicted octanol–water partition coefficient (Wildman–Crippen LogP) is 4.30. The second kappa shape index (κ2) is 5.50. The Labute approximate surface area is 98.2 Å². The van der Waals surface area contributed by atoms with E-state index in [1.165, 1.54) is 0 Å². The van der Waals surface area contributed by atoms with Gasteiger partial charge in [0.1, 0.15) is 12.4 Å². The molecular formula is C10H9Cl3O. The molecule has 0 aliphatic carbocycles. The molecule has 0 saturated carbocycles. The third-order valence-corrected chi connectivity index (χ3v) is 2.68. The van der Waals surface area contributed by atoms with Gasteiger partial charge < -0.3 is 4.74 Å². The van der Waals surface area contributed by atoms with Crippen LogP contribution in [0, 0.1) is 0 Å². The summed E-state index contributed by atoms with van der Waals surface area (Å²) in [4.78, 5) is 0. The lowest BCUT2D eigenvalue weighted by molar-refractivity contribution is 0.363. The molecule has 1 aromatic rings. The van der Waals surface area contributed by atoms with Crippen molar-refractivity contribution < 1.29 is 4.74 Å². The van der Waals surface area contributed by atoms with Gasteiger partial charge in [0, 0.05) is 10.6 Å². The first-order valence-corrected chi connectivity index (χ1v) is 5.26. The Balaban J connectivity index is 3.01. The van der Waals surface area contributed by atoms with E-state index < -0.39 is 0 Å². The highest BCUT2D eigenvalue weighted by Gasteiger charge is 2.10. The number of alkyl halides is 1. The maximum Gasteiger partial charge on any atom is 0.138 e. The zero-order chi connectivity index (χ0) is 10.6. The SMILES string of the molecule is C=CCOc1ccc(Cl)c(CCl)c1Cl. The summed E-state index contributed by atoms with van der Waals surface area (Å²) in [6.45, 7) is 3.95. The highest BCUT2D eigenvalue weighted by molar-refractivity contribution is 6.38.